The number of halogens is 3. The number of hydrogen-bond donors (Lipinski definition) is 0. The standard InChI is InChI=1S/C11H19F3/c1-8-7-10(4,11(12,13)14)6-5-9(8,2)3/h8H,5-7H2,1-4H3. The van der Waals surface area contributed by atoms with Gasteiger partial charge in [-0.3, -0.25) is 0 Å². The van der Waals surface area contributed by atoms with Gasteiger partial charge in [0.25, 0.3) is 0 Å². The molecule has 0 saturated heterocycles. The van der Waals surface area contributed by atoms with Gasteiger partial charge in [-0.05, 0) is 30.6 Å². The summed E-state index contributed by atoms with van der Waals surface area (Å²) < 4.78 is 38.3. The molecule has 2 unspecified atom stereocenters. The Kier molecular flexibility index (Phi) is 2.66. The van der Waals surface area contributed by atoms with Crippen LogP contribution in [0.1, 0.15) is 47.0 Å². The van der Waals surface area contributed by atoms with E-state index in [1.807, 2.05) is 6.92 Å². The fourth-order valence-corrected chi connectivity index (χ4v) is 2.16. The average molecular weight is 208 g/mol. The van der Waals surface area contributed by atoms with Crippen LogP contribution in [0.3, 0.4) is 0 Å². The molecule has 0 radical (unpaired) electrons. The summed E-state index contributed by atoms with van der Waals surface area (Å²) in [5.41, 5.74) is -1.40. The van der Waals surface area contributed by atoms with Gasteiger partial charge in [0.2, 0.25) is 0 Å². The van der Waals surface area contributed by atoms with Crippen LogP contribution in [0.15, 0.2) is 0 Å². The van der Waals surface area contributed by atoms with Crippen molar-refractivity contribution in [3.05, 3.63) is 0 Å². The minimum absolute atomic E-state index is 0.0603. The molecule has 0 spiro atoms. The molecule has 14 heavy (non-hydrogen) atoms. The van der Waals surface area contributed by atoms with Crippen molar-refractivity contribution in [2.24, 2.45) is 16.7 Å². The van der Waals surface area contributed by atoms with Gasteiger partial charge in [0.15, 0.2) is 0 Å². The van der Waals surface area contributed by atoms with Gasteiger partial charge in [-0.15, -0.1) is 0 Å². The molecule has 84 valence electrons. The fourth-order valence-electron chi connectivity index (χ4n) is 2.16. The second-order valence-electron chi connectivity index (χ2n) is 5.65. The molecule has 2 atom stereocenters. The summed E-state index contributed by atoms with van der Waals surface area (Å²) in [7, 11) is 0. The van der Waals surface area contributed by atoms with E-state index < -0.39 is 11.6 Å². The summed E-state index contributed by atoms with van der Waals surface area (Å²) in [6.45, 7) is 7.42. The highest BCUT2D eigenvalue weighted by atomic mass is 19.4. The van der Waals surface area contributed by atoms with Crippen LogP contribution in [-0.4, -0.2) is 6.18 Å². The van der Waals surface area contributed by atoms with Gasteiger partial charge in [0, 0.05) is 0 Å². The third kappa shape index (κ3) is 1.91. The van der Waals surface area contributed by atoms with Crippen LogP contribution in [0, 0.1) is 16.7 Å². The first-order valence-electron chi connectivity index (χ1n) is 5.15. The lowest BCUT2D eigenvalue weighted by molar-refractivity contribution is -0.239. The molecule has 3 heteroatoms. The Morgan fingerprint density at radius 2 is 1.57 bits per heavy atom. The van der Waals surface area contributed by atoms with Crippen molar-refractivity contribution >= 4 is 0 Å². The molecule has 1 aliphatic rings. The van der Waals surface area contributed by atoms with E-state index in [4.69, 9.17) is 0 Å². The molecule has 0 aromatic carbocycles. The first-order valence-corrected chi connectivity index (χ1v) is 5.15. The van der Waals surface area contributed by atoms with Crippen molar-refractivity contribution < 1.29 is 13.2 Å². The largest absolute Gasteiger partial charge is 0.394 e. The summed E-state index contributed by atoms with van der Waals surface area (Å²) in [4.78, 5) is 0. The maximum Gasteiger partial charge on any atom is 0.394 e. The molecule has 0 heterocycles. The molecule has 0 aromatic heterocycles. The van der Waals surface area contributed by atoms with Crippen LogP contribution < -0.4 is 0 Å². The predicted molar refractivity (Wildman–Crippen MR) is 51.0 cm³/mol. The van der Waals surface area contributed by atoms with Gasteiger partial charge in [0.1, 0.15) is 0 Å². The van der Waals surface area contributed by atoms with E-state index in [1.165, 1.54) is 6.92 Å². The molecular weight excluding hydrogens is 189 g/mol. The van der Waals surface area contributed by atoms with E-state index in [-0.39, 0.29) is 24.2 Å². The first kappa shape index (κ1) is 11.9. The third-order valence-corrected chi connectivity index (χ3v) is 4.10. The Hall–Kier alpha value is -0.210. The normalized spacial score (nSPS) is 38.4. The third-order valence-electron chi connectivity index (χ3n) is 4.10. The van der Waals surface area contributed by atoms with Crippen LogP contribution in [-0.2, 0) is 0 Å². The van der Waals surface area contributed by atoms with Gasteiger partial charge in [0.05, 0.1) is 5.41 Å². The van der Waals surface area contributed by atoms with E-state index in [0.717, 1.165) is 0 Å². The van der Waals surface area contributed by atoms with Crippen LogP contribution in [0.25, 0.3) is 0 Å². The van der Waals surface area contributed by atoms with Gasteiger partial charge in [-0.2, -0.15) is 13.2 Å². The highest BCUT2D eigenvalue weighted by Gasteiger charge is 2.55. The Labute approximate surface area is 83.9 Å². The Morgan fingerprint density at radius 3 is 1.93 bits per heavy atom. The maximum atomic E-state index is 12.8. The van der Waals surface area contributed by atoms with Gasteiger partial charge in [-0.25, -0.2) is 0 Å². The number of rotatable bonds is 0. The van der Waals surface area contributed by atoms with Crippen LogP contribution in [0.4, 0.5) is 13.2 Å². The molecule has 0 aromatic rings. The SMILES string of the molecule is CC1CC(C)(C(F)(F)F)CCC1(C)C. The van der Waals surface area contributed by atoms with E-state index in [1.54, 1.807) is 0 Å². The van der Waals surface area contributed by atoms with Gasteiger partial charge in [-0.1, -0.05) is 27.7 Å². The smallest absolute Gasteiger partial charge is 0.171 e. The van der Waals surface area contributed by atoms with Crippen molar-refractivity contribution in [1.82, 2.24) is 0 Å². The van der Waals surface area contributed by atoms with Crippen molar-refractivity contribution in [3.8, 4) is 0 Å². The zero-order valence-electron chi connectivity index (χ0n) is 9.33. The zero-order valence-corrected chi connectivity index (χ0v) is 9.33. The molecule has 1 saturated carbocycles. The lowest BCUT2D eigenvalue weighted by atomic mass is 9.60. The van der Waals surface area contributed by atoms with Crippen molar-refractivity contribution in [1.29, 1.82) is 0 Å². The predicted octanol–water partition coefficient (Wildman–Crippen LogP) is 4.40. The van der Waals surface area contributed by atoms with Crippen molar-refractivity contribution in [3.63, 3.8) is 0 Å². The number of hydrogen-bond acceptors (Lipinski definition) is 0. The quantitative estimate of drug-likeness (QED) is 0.553. The zero-order chi connectivity index (χ0) is 11.2. The Bertz CT molecular complexity index is 217. The second-order valence-corrected chi connectivity index (χ2v) is 5.65. The van der Waals surface area contributed by atoms with E-state index >= 15 is 0 Å². The highest BCUT2D eigenvalue weighted by Crippen LogP contribution is 2.55. The summed E-state index contributed by atoms with van der Waals surface area (Å²) in [6.07, 6.45) is -2.83. The summed E-state index contributed by atoms with van der Waals surface area (Å²) >= 11 is 0. The van der Waals surface area contributed by atoms with Crippen molar-refractivity contribution in [2.75, 3.05) is 0 Å². The monoisotopic (exact) mass is 208 g/mol. The molecule has 0 aliphatic heterocycles. The fraction of sp³-hybridized carbons (Fsp3) is 1.00. The second kappa shape index (κ2) is 3.14. The molecule has 0 N–H and O–H groups in total. The maximum absolute atomic E-state index is 12.8. The first-order chi connectivity index (χ1) is 6.08. The minimum Gasteiger partial charge on any atom is -0.171 e. The van der Waals surface area contributed by atoms with Gasteiger partial charge >= 0.3 is 6.18 Å². The van der Waals surface area contributed by atoms with Crippen LogP contribution in [0.2, 0.25) is 0 Å². The van der Waals surface area contributed by atoms with Crippen molar-refractivity contribution in [2.45, 2.75) is 53.1 Å². The molecule has 1 aliphatic carbocycles. The summed E-state index contributed by atoms with van der Waals surface area (Å²) in [6, 6.07) is 0. The summed E-state index contributed by atoms with van der Waals surface area (Å²) in [5.74, 6) is 0.142. The van der Waals surface area contributed by atoms with Crippen LogP contribution in [0.5, 0.6) is 0 Å². The average Bonchev–Trinajstić information content (AvgIpc) is 1.96. The molecule has 0 amide bonds. The molecule has 1 fully saturated rings. The minimum atomic E-state index is -4.04. The van der Waals surface area contributed by atoms with E-state index in [2.05, 4.69) is 13.8 Å². The van der Waals surface area contributed by atoms with E-state index in [0.29, 0.717) is 6.42 Å². The topological polar surface area (TPSA) is 0 Å². The lowest BCUT2D eigenvalue weighted by Crippen LogP contribution is -2.44. The summed E-state index contributed by atoms with van der Waals surface area (Å²) in [5, 5.41) is 0. The van der Waals surface area contributed by atoms with Crippen LogP contribution >= 0.6 is 0 Å². The lowest BCUT2D eigenvalue weighted by Gasteiger charge is -2.46. The molecule has 0 bridgehead atoms. The number of alkyl halides is 3. The molecule has 0 nitrogen and oxygen atoms in total. The molecular formula is C11H19F3. The van der Waals surface area contributed by atoms with Gasteiger partial charge < -0.3 is 0 Å². The van der Waals surface area contributed by atoms with E-state index in [9.17, 15) is 13.2 Å². The Balaban J connectivity index is 2.81. The Morgan fingerprint density at radius 1 is 1.07 bits per heavy atom. The highest BCUT2D eigenvalue weighted by molar-refractivity contribution is 4.93. The molecule has 1 rings (SSSR count).